The number of nitrogens with one attached hydrogen (secondary N) is 1. The van der Waals surface area contributed by atoms with E-state index in [1.165, 1.54) is 31.4 Å². The summed E-state index contributed by atoms with van der Waals surface area (Å²) in [7, 11) is 1.23. The molecule has 1 amide bonds. The normalized spacial score (nSPS) is 9.61. The summed E-state index contributed by atoms with van der Waals surface area (Å²) < 4.78 is 4.36. The van der Waals surface area contributed by atoms with Gasteiger partial charge in [0.15, 0.2) is 0 Å². The van der Waals surface area contributed by atoms with Crippen LogP contribution in [0.25, 0.3) is 0 Å². The summed E-state index contributed by atoms with van der Waals surface area (Å²) >= 11 is 0. The number of methoxy groups -OCH3 is 1. The first-order chi connectivity index (χ1) is 8.52. The Morgan fingerprint density at radius 1 is 1.33 bits per heavy atom. The summed E-state index contributed by atoms with van der Waals surface area (Å²) in [4.78, 5) is 32.1. The van der Waals surface area contributed by atoms with Gasteiger partial charge in [0.25, 0.3) is 5.69 Å². The minimum Gasteiger partial charge on any atom is -0.468 e. The van der Waals surface area contributed by atoms with Crippen LogP contribution in [0, 0.1) is 10.1 Å². The van der Waals surface area contributed by atoms with Crippen LogP contribution in [-0.2, 0) is 20.7 Å². The molecule has 0 spiro atoms. The number of benzene rings is 1. The van der Waals surface area contributed by atoms with Crippen molar-refractivity contribution in [3.05, 3.63) is 39.9 Å². The van der Waals surface area contributed by atoms with Crippen LogP contribution in [0.5, 0.6) is 0 Å². The Morgan fingerprint density at radius 2 is 1.94 bits per heavy atom. The van der Waals surface area contributed by atoms with E-state index in [0.717, 1.165) is 0 Å². The first kappa shape index (κ1) is 13.6. The molecule has 0 saturated carbocycles. The summed E-state index contributed by atoms with van der Waals surface area (Å²) in [5.41, 5.74) is 0.594. The molecule has 7 heteroatoms. The molecule has 1 rings (SSSR count). The molecule has 0 saturated heterocycles. The molecule has 0 bridgehead atoms. The van der Waals surface area contributed by atoms with Crippen LogP contribution >= 0.6 is 0 Å². The van der Waals surface area contributed by atoms with Crippen molar-refractivity contribution in [1.82, 2.24) is 5.32 Å². The van der Waals surface area contributed by atoms with Crippen molar-refractivity contribution < 1.29 is 19.2 Å². The number of nitro benzene ring substituents is 1. The number of non-ortho nitro benzene ring substituents is 1. The van der Waals surface area contributed by atoms with Crippen LogP contribution in [0.1, 0.15) is 5.56 Å². The molecule has 0 radical (unpaired) electrons. The molecule has 18 heavy (non-hydrogen) atoms. The first-order valence-corrected chi connectivity index (χ1v) is 5.09. The number of rotatable bonds is 5. The number of hydrogen-bond donors (Lipinski definition) is 1. The van der Waals surface area contributed by atoms with Crippen molar-refractivity contribution in [1.29, 1.82) is 0 Å². The maximum atomic E-state index is 11.4. The molecule has 1 N–H and O–H groups in total. The highest BCUT2D eigenvalue weighted by Crippen LogP contribution is 2.12. The van der Waals surface area contributed by atoms with Crippen LogP contribution < -0.4 is 5.32 Å². The van der Waals surface area contributed by atoms with Crippen LogP contribution in [0.4, 0.5) is 5.69 Å². The number of hydrogen-bond acceptors (Lipinski definition) is 5. The van der Waals surface area contributed by atoms with E-state index in [1.54, 1.807) is 0 Å². The number of carbonyl (C=O) groups excluding carboxylic acids is 2. The highest BCUT2D eigenvalue weighted by molar-refractivity contribution is 5.83. The van der Waals surface area contributed by atoms with Crippen LogP contribution in [-0.4, -0.2) is 30.5 Å². The standard InChI is InChI=1S/C11H12N2O5/c1-18-11(15)7-12-10(14)6-8-2-4-9(5-3-8)13(16)17/h2-5H,6-7H2,1H3,(H,12,14). The van der Waals surface area contributed by atoms with Crippen LogP contribution in [0.15, 0.2) is 24.3 Å². The van der Waals surface area contributed by atoms with Gasteiger partial charge in [0.05, 0.1) is 18.5 Å². The predicted molar refractivity (Wildman–Crippen MR) is 61.8 cm³/mol. The van der Waals surface area contributed by atoms with E-state index in [-0.39, 0.29) is 24.6 Å². The Balaban J connectivity index is 2.49. The zero-order chi connectivity index (χ0) is 13.5. The Kier molecular flexibility index (Phi) is 4.79. The van der Waals surface area contributed by atoms with Gasteiger partial charge >= 0.3 is 5.97 Å². The quantitative estimate of drug-likeness (QED) is 0.465. The highest BCUT2D eigenvalue weighted by Gasteiger charge is 2.08. The average molecular weight is 252 g/mol. The topological polar surface area (TPSA) is 98.5 Å². The Bertz CT molecular complexity index is 455. The number of nitrogens with zero attached hydrogens (tertiary/aromatic N) is 1. The van der Waals surface area contributed by atoms with Gasteiger partial charge in [-0.05, 0) is 5.56 Å². The van der Waals surface area contributed by atoms with Crippen LogP contribution in [0.2, 0.25) is 0 Å². The zero-order valence-electron chi connectivity index (χ0n) is 9.71. The smallest absolute Gasteiger partial charge is 0.325 e. The second-order valence-electron chi connectivity index (χ2n) is 3.45. The van der Waals surface area contributed by atoms with Gasteiger partial charge in [-0.3, -0.25) is 19.7 Å². The maximum Gasteiger partial charge on any atom is 0.325 e. The molecular weight excluding hydrogens is 240 g/mol. The monoisotopic (exact) mass is 252 g/mol. The van der Waals surface area contributed by atoms with Gasteiger partial charge in [0.2, 0.25) is 5.91 Å². The third kappa shape index (κ3) is 4.20. The second-order valence-corrected chi connectivity index (χ2v) is 3.45. The third-order valence-electron chi connectivity index (χ3n) is 2.17. The van der Waals surface area contributed by atoms with E-state index < -0.39 is 10.9 Å². The van der Waals surface area contributed by atoms with Crippen molar-refractivity contribution in [3.8, 4) is 0 Å². The fourth-order valence-corrected chi connectivity index (χ4v) is 1.23. The Morgan fingerprint density at radius 3 is 2.44 bits per heavy atom. The van der Waals surface area contributed by atoms with Crippen molar-refractivity contribution in [2.24, 2.45) is 0 Å². The maximum absolute atomic E-state index is 11.4. The van der Waals surface area contributed by atoms with Crippen molar-refractivity contribution in [2.75, 3.05) is 13.7 Å². The van der Waals surface area contributed by atoms with Gasteiger partial charge in [-0.1, -0.05) is 12.1 Å². The van der Waals surface area contributed by atoms with Gasteiger partial charge < -0.3 is 10.1 Å². The number of esters is 1. The van der Waals surface area contributed by atoms with E-state index in [9.17, 15) is 19.7 Å². The fraction of sp³-hybridized carbons (Fsp3) is 0.273. The van der Waals surface area contributed by atoms with Gasteiger partial charge in [-0.15, -0.1) is 0 Å². The lowest BCUT2D eigenvalue weighted by Gasteiger charge is -2.03. The van der Waals surface area contributed by atoms with Crippen molar-refractivity contribution in [3.63, 3.8) is 0 Å². The van der Waals surface area contributed by atoms with Gasteiger partial charge in [-0.25, -0.2) is 0 Å². The van der Waals surface area contributed by atoms with Crippen molar-refractivity contribution in [2.45, 2.75) is 6.42 Å². The lowest BCUT2D eigenvalue weighted by molar-refractivity contribution is -0.384. The largest absolute Gasteiger partial charge is 0.468 e. The third-order valence-corrected chi connectivity index (χ3v) is 2.17. The van der Waals surface area contributed by atoms with E-state index in [4.69, 9.17) is 0 Å². The molecule has 0 aliphatic rings. The number of nitro groups is 1. The van der Waals surface area contributed by atoms with E-state index in [2.05, 4.69) is 10.1 Å². The summed E-state index contributed by atoms with van der Waals surface area (Å²) in [6.07, 6.45) is 0.0506. The Hall–Kier alpha value is -2.44. The second kappa shape index (κ2) is 6.33. The molecular formula is C11H12N2O5. The lowest BCUT2D eigenvalue weighted by Crippen LogP contribution is -2.31. The molecule has 0 fully saturated rings. The minimum absolute atomic E-state index is 0.0336. The summed E-state index contributed by atoms with van der Waals surface area (Å²) in [5, 5.41) is 12.8. The average Bonchev–Trinajstić information content (AvgIpc) is 2.36. The van der Waals surface area contributed by atoms with Gasteiger partial charge in [0.1, 0.15) is 6.54 Å². The molecule has 1 aromatic rings. The highest BCUT2D eigenvalue weighted by atomic mass is 16.6. The molecule has 0 aliphatic heterocycles. The molecule has 0 aromatic heterocycles. The number of ether oxygens (including phenoxy) is 1. The van der Waals surface area contributed by atoms with Gasteiger partial charge in [-0.2, -0.15) is 0 Å². The van der Waals surface area contributed by atoms with Gasteiger partial charge in [0, 0.05) is 12.1 Å². The molecule has 96 valence electrons. The predicted octanol–water partition coefficient (Wildman–Crippen LogP) is 0.426. The summed E-state index contributed by atoms with van der Waals surface area (Å²) in [5.74, 6) is -0.888. The van der Waals surface area contributed by atoms with Crippen LogP contribution in [0.3, 0.4) is 0 Å². The minimum atomic E-state index is -0.535. The molecule has 7 nitrogen and oxygen atoms in total. The zero-order valence-corrected chi connectivity index (χ0v) is 9.71. The summed E-state index contributed by atoms with van der Waals surface area (Å²) in [6, 6.07) is 5.64. The van der Waals surface area contributed by atoms with Crippen molar-refractivity contribution >= 4 is 17.6 Å². The molecule has 0 aliphatic carbocycles. The fourth-order valence-electron chi connectivity index (χ4n) is 1.23. The molecule has 0 heterocycles. The Labute approximate surface area is 103 Å². The van der Waals surface area contributed by atoms with E-state index in [1.807, 2.05) is 0 Å². The first-order valence-electron chi connectivity index (χ1n) is 5.09. The number of amides is 1. The SMILES string of the molecule is COC(=O)CNC(=O)Cc1ccc([N+](=O)[O-])cc1. The molecule has 0 unspecified atom stereocenters. The molecule has 0 atom stereocenters. The summed E-state index contributed by atoms with van der Waals surface area (Å²) in [6.45, 7) is -0.192. The van der Waals surface area contributed by atoms with E-state index in [0.29, 0.717) is 5.56 Å². The lowest BCUT2D eigenvalue weighted by atomic mass is 10.1. The number of carbonyl (C=O) groups is 2. The molecule has 1 aromatic carbocycles. The van der Waals surface area contributed by atoms with E-state index >= 15 is 0 Å².